The van der Waals surface area contributed by atoms with Crippen LogP contribution in [0.1, 0.15) is 21.7 Å². The molecule has 0 radical (unpaired) electrons. The molecule has 106 valence electrons. The largest absolute Gasteiger partial charge is 0.478 e. The van der Waals surface area contributed by atoms with Gasteiger partial charge in [0.2, 0.25) is 5.65 Å². The Kier molecular flexibility index (Phi) is 3.23. The average Bonchev–Trinajstić information content (AvgIpc) is 2.88. The summed E-state index contributed by atoms with van der Waals surface area (Å²) in [6, 6.07) is 6.77. The van der Waals surface area contributed by atoms with Crippen LogP contribution in [0.2, 0.25) is 0 Å². The van der Waals surface area contributed by atoms with Crippen LogP contribution in [0.15, 0.2) is 36.7 Å². The van der Waals surface area contributed by atoms with Crippen LogP contribution in [0.4, 0.5) is 5.82 Å². The van der Waals surface area contributed by atoms with Crippen LogP contribution >= 0.6 is 0 Å². The van der Waals surface area contributed by atoms with E-state index < -0.39 is 5.97 Å². The minimum atomic E-state index is -0.940. The van der Waals surface area contributed by atoms with Crippen LogP contribution in [0.3, 0.4) is 0 Å². The summed E-state index contributed by atoms with van der Waals surface area (Å²) in [5.41, 5.74) is 1.76. The SMILES string of the molecule is Cc1nnc2c(NCc3cccc(C(=O)O)c3)nccn12. The highest BCUT2D eigenvalue weighted by molar-refractivity contribution is 5.87. The molecule has 2 N–H and O–H groups in total. The Bertz CT molecular complexity index is 812. The summed E-state index contributed by atoms with van der Waals surface area (Å²) in [4.78, 5) is 15.2. The standard InChI is InChI=1S/C14H13N5O2/c1-9-17-18-13-12(15-5-6-19(9)13)16-8-10-3-2-4-11(7-10)14(20)21/h2-7H,8H2,1H3,(H,15,16)(H,20,21). The van der Waals surface area contributed by atoms with Gasteiger partial charge in [0.25, 0.3) is 0 Å². The topological polar surface area (TPSA) is 92.4 Å². The Hall–Kier alpha value is -2.96. The predicted molar refractivity (Wildman–Crippen MR) is 76.2 cm³/mol. The Morgan fingerprint density at radius 1 is 1.38 bits per heavy atom. The summed E-state index contributed by atoms with van der Waals surface area (Å²) < 4.78 is 1.84. The molecule has 0 aliphatic carbocycles. The van der Waals surface area contributed by atoms with E-state index >= 15 is 0 Å². The van der Waals surface area contributed by atoms with Crippen LogP contribution in [0.25, 0.3) is 5.65 Å². The van der Waals surface area contributed by atoms with E-state index in [-0.39, 0.29) is 5.56 Å². The first-order valence-electron chi connectivity index (χ1n) is 6.37. The van der Waals surface area contributed by atoms with Crippen molar-refractivity contribution in [2.45, 2.75) is 13.5 Å². The van der Waals surface area contributed by atoms with Crippen molar-refractivity contribution in [1.29, 1.82) is 0 Å². The number of aromatic carboxylic acids is 1. The summed E-state index contributed by atoms with van der Waals surface area (Å²) in [6.07, 6.45) is 3.46. The molecule has 7 heteroatoms. The highest BCUT2D eigenvalue weighted by Crippen LogP contribution is 2.14. The van der Waals surface area contributed by atoms with E-state index in [0.717, 1.165) is 11.4 Å². The molecule has 0 aliphatic rings. The molecule has 0 bridgehead atoms. The monoisotopic (exact) mass is 283 g/mol. The Balaban J connectivity index is 1.83. The molecular weight excluding hydrogens is 270 g/mol. The maximum Gasteiger partial charge on any atom is 0.335 e. The summed E-state index contributed by atoms with van der Waals surface area (Å²) in [6.45, 7) is 2.32. The summed E-state index contributed by atoms with van der Waals surface area (Å²) in [7, 11) is 0. The number of aromatic nitrogens is 4. The van der Waals surface area contributed by atoms with E-state index in [1.165, 1.54) is 0 Å². The number of benzene rings is 1. The minimum absolute atomic E-state index is 0.263. The zero-order valence-electron chi connectivity index (χ0n) is 11.3. The molecule has 0 aliphatic heterocycles. The van der Waals surface area contributed by atoms with Crippen LogP contribution in [0.5, 0.6) is 0 Å². The highest BCUT2D eigenvalue weighted by atomic mass is 16.4. The van der Waals surface area contributed by atoms with Crippen molar-refractivity contribution in [3.8, 4) is 0 Å². The maximum absolute atomic E-state index is 11.0. The molecule has 1 aromatic carbocycles. The third-order valence-electron chi connectivity index (χ3n) is 3.13. The van der Waals surface area contributed by atoms with Gasteiger partial charge in [-0.2, -0.15) is 0 Å². The lowest BCUT2D eigenvalue weighted by Crippen LogP contribution is -2.05. The fourth-order valence-corrected chi connectivity index (χ4v) is 2.07. The smallest absolute Gasteiger partial charge is 0.335 e. The lowest BCUT2D eigenvalue weighted by molar-refractivity contribution is 0.0697. The Morgan fingerprint density at radius 3 is 3.05 bits per heavy atom. The van der Waals surface area contributed by atoms with Gasteiger partial charge < -0.3 is 10.4 Å². The first-order chi connectivity index (χ1) is 10.1. The number of nitrogens with zero attached hydrogens (tertiary/aromatic N) is 4. The van der Waals surface area contributed by atoms with Crippen molar-refractivity contribution in [1.82, 2.24) is 19.6 Å². The molecule has 0 atom stereocenters. The molecule has 2 aromatic heterocycles. The minimum Gasteiger partial charge on any atom is -0.478 e. The van der Waals surface area contributed by atoms with Gasteiger partial charge in [0.05, 0.1) is 5.56 Å². The van der Waals surface area contributed by atoms with Gasteiger partial charge in [-0.1, -0.05) is 12.1 Å². The van der Waals surface area contributed by atoms with Gasteiger partial charge in [-0.15, -0.1) is 10.2 Å². The fraction of sp³-hybridized carbons (Fsp3) is 0.143. The maximum atomic E-state index is 11.0. The Labute approximate surface area is 120 Å². The van der Waals surface area contributed by atoms with Gasteiger partial charge in [0.15, 0.2) is 5.82 Å². The zero-order valence-corrected chi connectivity index (χ0v) is 11.3. The van der Waals surface area contributed by atoms with E-state index in [1.54, 1.807) is 30.6 Å². The number of nitrogens with one attached hydrogen (secondary N) is 1. The first kappa shape index (κ1) is 13.0. The van der Waals surface area contributed by atoms with Crippen LogP contribution in [0, 0.1) is 6.92 Å². The first-order valence-corrected chi connectivity index (χ1v) is 6.37. The molecule has 0 amide bonds. The summed E-state index contributed by atoms with van der Waals surface area (Å²) in [5.74, 6) is 0.451. The molecule has 2 heterocycles. The average molecular weight is 283 g/mol. The van der Waals surface area contributed by atoms with E-state index in [2.05, 4.69) is 20.5 Å². The van der Waals surface area contributed by atoms with E-state index in [4.69, 9.17) is 5.11 Å². The van der Waals surface area contributed by atoms with Crippen molar-refractivity contribution in [3.63, 3.8) is 0 Å². The molecule has 3 aromatic rings. The van der Waals surface area contributed by atoms with Crippen molar-refractivity contribution in [2.24, 2.45) is 0 Å². The molecule has 0 saturated heterocycles. The van der Waals surface area contributed by atoms with Crippen molar-refractivity contribution in [2.75, 3.05) is 5.32 Å². The van der Waals surface area contributed by atoms with Gasteiger partial charge >= 0.3 is 5.97 Å². The van der Waals surface area contributed by atoms with Crippen molar-refractivity contribution < 1.29 is 9.90 Å². The molecule has 0 spiro atoms. The molecular formula is C14H13N5O2. The van der Waals surface area contributed by atoms with Crippen molar-refractivity contribution in [3.05, 3.63) is 53.6 Å². The second kappa shape index (κ2) is 5.20. The van der Waals surface area contributed by atoms with E-state index in [9.17, 15) is 4.79 Å². The van der Waals surface area contributed by atoms with Gasteiger partial charge in [0.1, 0.15) is 5.82 Å². The molecule has 0 fully saturated rings. The lowest BCUT2D eigenvalue weighted by atomic mass is 10.1. The molecule has 7 nitrogen and oxygen atoms in total. The number of carboxylic acid groups (broad SMARTS) is 1. The lowest BCUT2D eigenvalue weighted by Gasteiger charge is -2.07. The molecule has 0 unspecified atom stereocenters. The third kappa shape index (κ3) is 2.53. The summed E-state index contributed by atoms with van der Waals surface area (Å²) in [5, 5.41) is 20.2. The second-order valence-corrected chi connectivity index (χ2v) is 4.58. The molecule has 3 rings (SSSR count). The number of hydrogen-bond acceptors (Lipinski definition) is 5. The van der Waals surface area contributed by atoms with Crippen LogP contribution in [-0.4, -0.2) is 30.7 Å². The van der Waals surface area contributed by atoms with Gasteiger partial charge in [-0.3, -0.25) is 4.40 Å². The third-order valence-corrected chi connectivity index (χ3v) is 3.13. The molecule has 0 saturated carbocycles. The van der Waals surface area contributed by atoms with Gasteiger partial charge in [-0.05, 0) is 24.6 Å². The van der Waals surface area contributed by atoms with Gasteiger partial charge in [-0.25, -0.2) is 9.78 Å². The quantitative estimate of drug-likeness (QED) is 0.757. The normalized spacial score (nSPS) is 10.7. The number of carbonyl (C=O) groups is 1. The van der Waals surface area contributed by atoms with E-state index in [1.807, 2.05) is 17.4 Å². The fourth-order valence-electron chi connectivity index (χ4n) is 2.07. The van der Waals surface area contributed by atoms with Crippen molar-refractivity contribution >= 4 is 17.4 Å². The zero-order chi connectivity index (χ0) is 14.8. The molecule has 21 heavy (non-hydrogen) atoms. The van der Waals surface area contributed by atoms with Crippen LogP contribution < -0.4 is 5.32 Å². The number of hydrogen-bond donors (Lipinski definition) is 2. The number of carboxylic acids is 1. The summed E-state index contributed by atoms with van der Waals surface area (Å²) >= 11 is 0. The van der Waals surface area contributed by atoms with E-state index in [0.29, 0.717) is 18.0 Å². The number of aryl methyl sites for hydroxylation is 1. The number of rotatable bonds is 4. The predicted octanol–water partition coefficient (Wildman–Crippen LogP) is 1.74. The Morgan fingerprint density at radius 2 is 2.24 bits per heavy atom. The highest BCUT2D eigenvalue weighted by Gasteiger charge is 2.08. The second-order valence-electron chi connectivity index (χ2n) is 4.58. The number of fused-ring (bicyclic) bond motifs is 1. The van der Waals surface area contributed by atoms with Crippen LogP contribution in [-0.2, 0) is 6.54 Å². The number of anilines is 1. The van der Waals surface area contributed by atoms with Gasteiger partial charge in [0, 0.05) is 18.9 Å².